The lowest BCUT2D eigenvalue weighted by Gasteiger charge is -2.36. The lowest BCUT2D eigenvalue weighted by Crippen LogP contribution is -2.54. The lowest BCUT2D eigenvalue weighted by atomic mass is 10.1. The zero-order valence-corrected chi connectivity index (χ0v) is 17.8. The summed E-state index contributed by atoms with van der Waals surface area (Å²) in [6.07, 6.45) is 5.43. The van der Waals surface area contributed by atoms with Crippen molar-refractivity contribution in [3.8, 4) is 11.4 Å². The number of imidazole rings is 1. The number of aliphatic hydroxyl groups excluding tert-OH is 1. The number of hydrogen-bond acceptors (Lipinski definition) is 9. The molecule has 0 saturated carbocycles. The molecule has 164 valence electrons. The number of carbonyl (C=O) groups is 1. The smallest absolute Gasteiger partial charge is 0.245 e. The Hall–Kier alpha value is -3.18. The summed E-state index contributed by atoms with van der Waals surface area (Å²) in [6.45, 7) is 4.85. The Labute approximate surface area is 179 Å². The SMILES string of the molecule is CC[C@H](Nc1ncnc2c1nc(-c1cnc(C)nc1)n2C)C(=O)N1CCOCC1CO. The van der Waals surface area contributed by atoms with Gasteiger partial charge in [0, 0.05) is 26.0 Å². The third-order valence-corrected chi connectivity index (χ3v) is 5.43. The minimum absolute atomic E-state index is 0.0975. The molecular formula is C20H26N8O3. The molecule has 4 rings (SSSR count). The molecule has 1 saturated heterocycles. The lowest BCUT2D eigenvalue weighted by molar-refractivity contribution is -0.142. The van der Waals surface area contributed by atoms with Gasteiger partial charge in [0.2, 0.25) is 5.91 Å². The number of fused-ring (bicyclic) bond motifs is 1. The summed E-state index contributed by atoms with van der Waals surface area (Å²) in [4.78, 5) is 36.8. The van der Waals surface area contributed by atoms with E-state index in [1.54, 1.807) is 17.3 Å². The Kier molecular flexibility index (Phi) is 6.05. The summed E-state index contributed by atoms with van der Waals surface area (Å²) in [5.74, 6) is 1.72. The summed E-state index contributed by atoms with van der Waals surface area (Å²) in [7, 11) is 1.86. The fraction of sp³-hybridized carbons (Fsp3) is 0.500. The van der Waals surface area contributed by atoms with Gasteiger partial charge >= 0.3 is 0 Å². The molecule has 1 aliphatic rings. The standard InChI is InChI=1S/C20H26N8O3/c1-4-15(20(30)28-5-6-31-10-14(28)9-29)25-17-16-19(24-11-23-17)27(3)18(26-16)13-7-21-12(2)22-8-13/h7-8,11,14-15,29H,4-6,9-10H2,1-3H3,(H,23,24,25)/t14?,15-/m0/s1. The van der Waals surface area contributed by atoms with Gasteiger partial charge in [-0.2, -0.15) is 0 Å². The number of aromatic nitrogens is 6. The van der Waals surface area contributed by atoms with E-state index in [1.807, 2.05) is 25.5 Å². The normalized spacial score (nSPS) is 17.7. The molecule has 1 amide bonds. The number of aliphatic hydroxyl groups is 1. The highest BCUT2D eigenvalue weighted by Gasteiger charge is 2.31. The van der Waals surface area contributed by atoms with Crippen LogP contribution in [0.25, 0.3) is 22.6 Å². The number of carbonyl (C=O) groups excluding carboxylic acids is 1. The summed E-state index contributed by atoms with van der Waals surface area (Å²) in [5.41, 5.74) is 1.96. The van der Waals surface area contributed by atoms with Crippen LogP contribution in [0.3, 0.4) is 0 Å². The van der Waals surface area contributed by atoms with Gasteiger partial charge in [0.15, 0.2) is 17.0 Å². The molecular weight excluding hydrogens is 400 g/mol. The van der Waals surface area contributed by atoms with Gasteiger partial charge in [0.05, 0.1) is 31.4 Å². The highest BCUT2D eigenvalue weighted by Crippen LogP contribution is 2.26. The third-order valence-electron chi connectivity index (χ3n) is 5.43. The van der Waals surface area contributed by atoms with Crippen molar-refractivity contribution >= 4 is 22.9 Å². The van der Waals surface area contributed by atoms with Crippen LogP contribution in [0, 0.1) is 6.92 Å². The zero-order chi connectivity index (χ0) is 22.0. The first-order chi connectivity index (χ1) is 15.0. The molecule has 11 heteroatoms. The molecule has 0 radical (unpaired) electrons. The van der Waals surface area contributed by atoms with Crippen molar-refractivity contribution in [1.29, 1.82) is 0 Å². The number of ether oxygens (including phenoxy) is 1. The van der Waals surface area contributed by atoms with Gasteiger partial charge < -0.3 is 24.6 Å². The Balaban J connectivity index is 1.65. The number of rotatable bonds is 6. The van der Waals surface area contributed by atoms with Crippen molar-refractivity contribution < 1.29 is 14.6 Å². The van der Waals surface area contributed by atoms with E-state index in [0.717, 1.165) is 5.56 Å². The van der Waals surface area contributed by atoms with Gasteiger partial charge in [-0.25, -0.2) is 24.9 Å². The number of hydrogen-bond donors (Lipinski definition) is 2. The zero-order valence-electron chi connectivity index (χ0n) is 17.8. The molecule has 31 heavy (non-hydrogen) atoms. The van der Waals surface area contributed by atoms with E-state index in [1.165, 1.54) is 6.33 Å². The van der Waals surface area contributed by atoms with Gasteiger partial charge in [-0.15, -0.1) is 0 Å². The average Bonchev–Trinajstić information content (AvgIpc) is 3.14. The Morgan fingerprint density at radius 3 is 2.81 bits per heavy atom. The maximum atomic E-state index is 13.2. The van der Waals surface area contributed by atoms with E-state index in [-0.39, 0.29) is 18.6 Å². The maximum Gasteiger partial charge on any atom is 0.245 e. The maximum absolute atomic E-state index is 13.2. The van der Waals surface area contributed by atoms with Crippen molar-refractivity contribution in [2.45, 2.75) is 32.4 Å². The molecule has 1 unspecified atom stereocenters. The summed E-state index contributed by atoms with van der Waals surface area (Å²) in [6, 6.07) is -0.857. The number of nitrogens with zero attached hydrogens (tertiary/aromatic N) is 7. The van der Waals surface area contributed by atoms with Crippen LogP contribution < -0.4 is 5.32 Å². The number of nitrogens with one attached hydrogen (secondary N) is 1. The molecule has 1 aliphatic heterocycles. The molecule has 2 N–H and O–H groups in total. The van der Waals surface area contributed by atoms with Crippen LogP contribution in [0.2, 0.25) is 0 Å². The fourth-order valence-electron chi connectivity index (χ4n) is 3.67. The predicted octanol–water partition coefficient (Wildman–Crippen LogP) is 0.539. The van der Waals surface area contributed by atoms with Crippen LogP contribution in [0.1, 0.15) is 19.2 Å². The van der Waals surface area contributed by atoms with Crippen LogP contribution in [0.5, 0.6) is 0 Å². The van der Waals surface area contributed by atoms with Crippen LogP contribution in [0.15, 0.2) is 18.7 Å². The second-order valence-corrected chi connectivity index (χ2v) is 7.46. The number of anilines is 1. The predicted molar refractivity (Wildman–Crippen MR) is 113 cm³/mol. The molecule has 0 bridgehead atoms. The highest BCUT2D eigenvalue weighted by atomic mass is 16.5. The van der Waals surface area contributed by atoms with Crippen LogP contribution >= 0.6 is 0 Å². The van der Waals surface area contributed by atoms with Crippen LogP contribution in [-0.4, -0.2) is 83.8 Å². The molecule has 3 aromatic heterocycles. The fourth-order valence-corrected chi connectivity index (χ4v) is 3.67. The van der Waals surface area contributed by atoms with Crippen molar-refractivity contribution in [3.05, 3.63) is 24.5 Å². The molecule has 0 aromatic carbocycles. The second-order valence-electron chi connectivity index (χ2n) is 7.46. The largest absolute Gasteiger partial charge is 0.394 e. The third kappa shape index (κ3) is 4.06. The Morgan fingerprint density at radius 2 is 2.10 bits per heavy atom. The Morgan fingerprint density at radius 1 is 1.32 bits per heavy atom. The summed E-state index contributed by atoms with van der Waals surface area (Å²) < 4.78 is 7.24. The van der Waals surface area contributed by atoms with Crippen LogP contribution in [-0.2, 0) is 16.6 Å². The average molecular weight is 426 g/mol. The van der Waals surface area contributed by atoms with Crippen molar-refractivity contribution in [1.82, 2.24) is 34.4 Å². The van der Waals surface area contributed by atoms with E-state index < -0.39 is 6.04 Å². The monoisotopic (exact) mass is 426 g/mol. The van der Waals surface area contributed by atoms with Gasteiger partial charge in [0.25, 0.3) is 0 Å². The first kappa shape index (κ1) is 21.1. The molecule has 2 atom stereocenters. The summed E-state index contributed by atoms with van der Waals surface area (Å²) >= 11 is 0. The minimum atomic E-state index is -0.515. The molecule has 11 nitrogen and oxygen atoms in total. The topological polar surface area (TPSA) is 131 Å². The quantitative estimate of drug-likeness (QED) is 0.580. The van der Waals surface area contributed by atoms with Gasteiger partial charge in [0.1, 0.15) is 24.0 Å². The number of amides is 1. The highest BCUT2D eigenvalue weighted by molar-refractivity contribution is 5.90. The number of aryl methyl sites for hydroxylation is 2. The van der Waals surface area contributed by atoms with Gasteiger partial charge in [-0.3, -0.25) is 4.79 Å². The van der Waals surface area contributed by atoms with E-state index >= 15 is 0 Å². The molecule has 4 heterocycles. The minimum Gasteiger partial charge on any atom is -0.394 e. The van der Waals surface area contributed by atoms with E-state index in [0.29, 0.717) is 54.8 Å². The van der Waals surface area contributed by atoms with Crippen molar-refractivity contribution in [2.24, 2.45) is 7.05 Å². The van der Waals surface area contributed by atoms with Crippen molar-refractivity contribution in [3.63, 3.8) is 0 Å². The van der Waals surface area contributed by atoms with E-state index in [9.17, 15) is 9.90 Å². The molecule has 1 fully saturated rings. The van der Waals surface area contributed by atoms with Gasteiger partial charge in [-0.05, 0) is 13.3 Å². The Bertz CT molecular complexity index is 1070. The molecule has 3 aromatic rings. The molecule has 0 aliphatic carbocycles. The van der Waals surface area contributed by atoms with Crippen LogP contribution in [0.4, 0.5) is 5.82 Å². The summed E-state index contributed by atoms with van der Waals surface area (Å²) in [5, 5.41) is 12.9. The second kappa shape index (κ2) is 8.90. The van der Waals surface area contributed by atoms with E-state index in [4.69, 9.17) is 9.72 Å². The van der Waals surface area contributed by atoms with Gasteiger partial charge in [-0.1, -0.05) is 6.92 Å². The first-order valence-electron chi connectivity index (χ1n) is 10.3. The van der Waals surface area contributed by atoms with E-state index in [2.05, 4.69) is 25.3 Å². The van der Waals surface area contributed by atoms with Crippen molar-refractivity contribution in [2.75, 3.05) is 31.7 Å². The first-order valence-corrected chi connectivity index (χ1v) is 10.3. The number of morpholine rings is 1. The molecule has 0 spiro atoms.